The summed E-state index contributed by atoms with van der Waals surface area (Å²) in [7, 11) is 0. The average Bonchev–Trinajstić information content (AvgIpc) is 3.29. The third-order valence-electron chi connectivity index (χ3n) is 5.21. The molecule has 4 aromatic rings. The van der Waals surface area contributed by atoms with Gasteiger partial charge >= 0.3 is 0 Å². The van der Waals surface area contributed by atoms with Crippen molar-refractivity contribution in [3.63, 3.8) is 0 Å². The number of benzene rings is 2. The number of ether oxygens (including phenoxy) is 1. The summed E-state index contributed by atoms with van der Waals surface area (Å²) in [5.74, 6) is 1.42. The molecule has 0 spiro atoms. The second-order valence-electron chi connectivity index (χ2n) is 7.06. The van der Waals surface area contributed by atoms with Crippen LogP contribution in [-0.2, 0) is 4.74 Å². The molecule has 0 N–H and O–H groups in total. The summed E-state index contributed by atoms with van der Waals surface area (Å²) in [4.78, 5) is 11.9. The normalized spacial score (nSPS) is 14.5. The number of fused-ring (bicyclic) bond motifs is 1. The smallest absolute Gasteiger partial charge is 0.253 e. The topological polar surface area (TPSA) is 56.1 Å². The number of aromatic nitrogens is 4. The molecule has 2 aromatic carbocycles. The van der Waals surface area contributed by atoms with Crippen molar-refractivity contribution >= 4 is 28.3 Å². The van der Waals surface area contributed by atoms with Crippen molar-refractivity contribution in [3.05, 3.63) is 65.4 Å². The minimum absolute atomic E-state index is 0.531. The molecule has 6 nitrogen and oxygen atoms in total. The molecule has 0 unspecified atom stereocenters. The summed E-state index contributed by atoms with van der Waals surface area (Å²) in [6, 6.07) is 14.1. The van der Waals surface area contributed by atoms with Crippen molar-refractivity contribution in [2.24, 2.45) is 0 Å². The number of anilines is 1. The molecule has 0 amide bonds. The van der Waals surface area contributed by atoms with Gasteiger partial charge in [-0.1, -0.05) is 35.9 Å². The fourth-order valence-corrected chi connectivity index (χ4v) is 3.97. The van der Waals surface area contributed by atoms with Crippen LogP contribution in [0.2, 0.25) is 5.02 Å². The zero-order valence-corrected chi connectivity index (χ0v) is 16.8. The van der Waals surface area contributed by atoms with Gasteiger partial charge in [0.15, 0.2) is 0 Å². The maximum Gasteiger partial charge on any atom is 0.253 e. The molecule has 1 fully saturated rings. The third-order valence-corrected chi connectivity index (χ3v) is 5.52. The van der Waals surface area contributed by atoms with Crippen LogP contribution >= 0.6 is 11.6 Å². The van der Waals surface area contributed by atoms with E-state index >= 15 is 0 Å². The van der Waals surface area contributed by atoms with Crippen molar-refractivity contribution in [1.82, 2.24) is 19.7 Å². The third kappa shape index (κ3) is 3.34. The van der Waals surface area contributed by atoms with E-state index in [0.29, 0.717) is 24.2 Å². The SMILES string of the molecule is Cc1ccccc1-c1cc2c(N3CCOCC3)nc(-n3cccn3)nc2cc1Cl. The fraction of sp³-hybridized carbons (Fsp3) is 0.227. The predicted molar refractivity (Wildman–Crippen MR) is 115 cm³/mol. The number of halogens is 1. The molecule has 7 heteroatoms. The Morgan fingerprint density at radius 2 is 1.83 bits per heavy atom. The molecule has 2 aromatic heterocycles. The lowest BCUT2D eigenvalue weighted by atomic mass is 9.99. The van der Waals surface area contributed by atoms with Crippen LogP contribution in [0.25, 0.3) is 28.0 Å². The summed E-state index contributed by atoms with van der Waals surface area (Å²) >= 11 is 6.71. The van der Waals surface area contributed by atoms with Crippen LogP contribution in [0.3, 0.4) is 0 Å². The van der Waals surface area contributed by atoms with Crippen molar-refractivity contribution in [2.45, 2.75) is 6.92 Å². The van der Waals surface area contributed by atoms with Crippen LogP contribution < -0.4 is 4.90 Å². The minimum atomic E-state index is 0.531. The summed E-state index contributed by atoms with van der Waals surface area (Å²) in [5.41, 5.74) is 4.08. The molecule has 146 valence electrons. The van der Waals surface area contributed by atoms with E-state index < -0.39 is 0 Å². The van der Waals surface area contributed by atoms with Crippen LogP contribution in [0, 0.1) is 6.92 Å². The van der Waals surface area contributed by atoms with Gasteiger partial charge < -0.3 is 9.64 Å². The summed E-state index contributed by atoms with van der Waals surface area (Å²) in [6.45, 7) is 5.03. The first-order chi connectivity index (χ1) is 14.2. The number of aryl methyl sites for hydroxylation is 1. The van der Waals surface area contributed by atoms with E-state index in [4.69, 9.17) is 26.3 Å². The average molecular weight is 406 g/mol. The highest BCUT2D eigenvalue weighted by atomic mass is 35.5. The van der Waals surface area contributed by atoms with Gasteiger partial charge in [0, 0.05) is 36.4 Å². The zero-order chi connectivity index (χ0) is 19.8. The number of morpholine rings is 1. The maximum atomic E-state index is 6.71. The minimum Gasteiger partial charge on any atom is -0.378 e. The number of nitrogens with zero attached hydrogens (tertiary/aromatic N) is 5. The monoisotopic (exact) mass is 405 g/mol. The molecule has 0 bridgehead atoms. The van der Waals surface area contributed by atoms with Gasteiger partial charge in [0.1, 0.15) is 5.82 Å². The lowest BCUT2D eigenvalue weighted by Gasteiger charge is -2.29. The van der Waals surface area contributed by atoms with E-state index in [9.17, 15) is 0 Å². The molecule has 29 heavy (non-hydrogen) atoms. The van der Waals surface area contributed by atoms with Gasteiger partial charge in [0.2, 0.25) is 0 Å². The number of rotatable bonds is 3. The highest BCUT2D eigenvalue weighted by Gasteiger charge is 2.20. The second-order valence-corrected chi connectivity index (χ2v) is 7.47. The fourth-order valence-electron chi connectivity index (χ4n) is 3.71. The number of hydrogen-bond donors (Lipinski definition) is 0. The second kappa shape index (κ2) is 7.46. The predicted octanol–water partition coefficient (Wildman–Crippen LogP) is 4.28. The zero-order valence-electron chi connectivity index (χ0n) is 16.0. The first-order valence-electron chi connectivity index (χ1n) is 9.61. The van der Waals surface area contributed by atoms with Crippen molar-refractivity contribution in [2.75, 3.05) is 31.2 Å². The lowest BCUT2D eigenvalue weighted by Crippen LogP contribution is -2.37. The van der Waals surface area contributed by atoms with Crippen molar-refractivity contribution < 1.29 is 4.74 Å². The molecule has 1 saturated heterocycles. The van der Waals surface area contributed by atoms with E-state index in [0.717, 1.165) is 40.9 Å². The molecule has 3 heterocycles. The molecule has 1 aliphatic rings. The molecular formula is C22H20ClN5O. The summed E-state index contributed by atoms with van der Waals surface area (Å²) in [6.07, 6.45) is 3.56. The van der Waals surface area contributed by atoms with Crippen LogP contribution in [0.4, 0.5) is 5.82 Å². The first kappa shape index (κ1) is 18.1. The Kier molecular flexibility index (Phi) is 4.66. The molecule has 1 aliphatic heterocycles. The van der Waals surface area contributed by atoms with Crippen LogP contribution in [0.5, 0.6) is 0 Å². The van der Waals surface area contributed by atoms with Gasteiger partial charge in [-0.2, -0.15) is 10.1 Å². The Labute approximate surface area is 173 Å². The van der Waals surface area contributed by atoms with Gasteiger partial charge in [-0.15, -0.1) is 0 Å². The molecular weight excluding hydrogens is 386 g/mol. The Balaban J connectivity index is 1.75. The molecule has 0 radical (unpaired) electrons. The van der Waals surface area contributed by atoms with Gasteiger partial charge in [-0.05, 0) is 36.2 Å². The molecule has 0 saturated carbocycles. The van der Waals surface area contributed by atoms with Crippen LogP contribution in [0.15, 0.2) is 54.9 Å². The largest absolute Gasteiger partial charge is 0.378 e. The van der Waals surface area contributed by atoms with E-state index in [2.05, 4.69) is 35.1 Å². The van der Waals surface area contributed by atoms with E-state index in [1.807, 2.05) is 30.5 Å². The highest BCUT2D eigenvalue weighted by molar-refractivity contribution is 6.34. The van der Waals surface area contributed by atoms with Gasteiger partial charge in [0.25, 0.3) is 5.95 Å². The summed E-state index contributed by atoms with van der Waals surface area (Å²) < 4.78 is 7.21. The Morgan fingerprint density at radius 1 is 1.00 bits per heavy atom. The molecule has 0 atom stereocenters. The van der Waals surface area contributed by atoms with E-state index in [1.165, 1.54) is 5.56 Å². The van der Waals surface area contributed by atoms with E-state index in [-0.39, 0.29) is 0 Å². The number of hydrogen-bond acceptors (Lipinski definition) is 5. The highest BCUT2D eigenvalue weighted by Crippen LogP contribution is 2.36. The van der Waals surface area contributed by atoms with E-state index in [1.54, 1.807) is 10.9 Å². The lowest BCUT2D eigenvalue weighted by molar-refractivity contribution is 0.122. The van der Waals surface area contributed by atoms with Gasteiger partial charge in [0.05, 0.1) is 23.8 Å². The quantitative estimate of drug-likeness (QED) is 0.509. The summed E-state index contributed by atoms with van der Waals surface area (Å²) in [5, 5.41) is 5.94. The Hall–Kier alpha value is -2.96. The standard InChI is InChI=1S/C22H20ClN5O/c1-15-5-2-3-6-16(15)17-13-18-20(14-19(17)23)25-22(28-8-4-7-24-28)26-21(18)27-9-11-29-12-10-27/h2-8,13-14H,9-12H2,1H3. The Morgan fingerprint density at radius 3 is 2.59 bits per heavy atom. The molecule has 0 aliphatic carbocycles. The van der Waals surface area contributed by atoms with Crippen molar-refractivity contribution in [1.29, 1.82) is 0 Å². The van der Waals surface area contributed by atoms with Crippen LogP contribution in [-0.4, -0.2) is 46.1 Å². The maximum absolute atomic E-state index is 6.71. The van der Waals surface area contributed by atoms with Gasteiger partial charge in [-0.25, -0.2) is 9.67 Å². The molecule has 5 rings (SSSR count). The van der Waals surface area contributed by atoms with Crippen molar-refractivity contribution in [3.8, 4) is 17.1 Å². The van der Waals surface area contributed by atoms with Crippen LogP contribution in [0.1, 0.15) is 5.56 Å². The first-order valence-corrected chi connectivity index (χ1v) is 9.98. The van der Waals surface area contributed by atoms with Gasteiger partial charge in [-0.3, -0.25) is 0 Å². The Bertz CT molecular complexity index is 1170.